The van der Waals surface area contributed by atoms with E-state index in [0.29, 0.717) is 16.9 Å². The molecule has 0 saturated carbocycles. The van der Waals surface area contributed by atoms with Crippen LogP contribution in [0.1, 0.15) is 25.7 Å². The van der Waals surface area contributed by atoms with Gasteiger partial charge in [0.15, 0.2) is 11.5 Å². The summed E-state index contributed by atoms with van der Waals surface area (Å²) < 4.78 is 6.31. The van der Waals surface area contributed by atoms with Crippen LogP contribution in [0.5, 0.6) is 0 Å². The van der Waals surface area contributed by atoms with E-state index in [2.05, 4.69) is 4.98 Å². The van der Waals surface area contributed by atoms with Gasteiger partial charge in [-0.25, -0.2) is 14.6 Å². The van der Waals surface area contributed by atoms with Crippen molar-refractivity contribution in [3.05, 3.63) is 46.6 Å². The Hall–Kier alpha value is -2.67. The molecule has 0 spiro atoms. The number of nitrogens with zero attached hydrogens (tertiary/aromatic N) is 2. The van der Waals surface area contributed by atoms with E-state index in [1.807, 2.05) is 19.1 Å². The van der Waals surface area contributed by atoms with Gasteiger partial charge in [0.1, 0.15) is 0 Å². The minimum atomic E-state index is -1.11. The second-order valence-electron chi connectivity index (χ2n) is 4.66. The fourth-order valence-corrected chi connectivity index (χ4v) is 3.06. The SMILES string of the molecule is COC(=O)c1ccc2c(C(=O)O)nc(-c3ccc(C)s3)n2c1. The number of imidazole rings is 1. The molecule has 0 atom stereocenters. The third-order valence-corrected chi connectivity index (χ3v) is 4.22. The Kier molecular flexibility index (Phi) is 3.42. The number of hydrogen-bond donors (Lipinski definition) is 1. The smallest absolute Gasteiger partial charge is 0.356 e. The lowest BCUT2D eigenvalue weighted by Crippen LogP contribution is -2.03. The predicted molar refractivity (Wildman–Crippen MR) is 81.5 cm³/mol. The number of carboxylic acids is 1. The Morgan fingerprint density at radius 2 is 2.05 bits per heavy atom. The van der Waals surface area contributed by atoms with E-state index >= 15 is 0 Å². The van der Waals surface area contributed by atoms with Crippen molar-refractivity contribution in [2.45, 2.75) is 6.92 Å². The maximum Gasteiger partial charge on any atom is 0.356 e. The maximum absolute atomic E-state index is 11.7. The van der Waals surface area contributed by atoms with Crippen molar-refractivity contribution in [1.82, 2.24) is 9.38 Å². The zero-order valence-electron chi connectivity index (χ0n) is 11.9. The molecule has 3 aromatic rings. The summed E-state index contributed by atoms with van der Waals surface area (Å²) in [4.78, 5) is 29.2. The van der Waals surface area contributed by atoms with E-state index in [4.69, 9.17) is 4.74 Å². The van der Waals surface area contributed by atoms with Crippen LogP contribution < -0.4 is 0 Å². The first-order valence-electron chi connectivity index (χ1n) is 6.42. The Labute approximate surface area is 129 Å². The van der Waals surface area contributed by atoms with Gasteiger partial charge in [-0.1, -0.05) is 0 Å². The number of aryl methyl sites for hydroxylation is 1. The van der Waals surface area contributed by atoms with Crippen LogP contribution in [0, 0.1) is 6.92 Å². The molecule has 3 aromatic heterocycles. The second kappa shape index (κ2) is 5.27. The van der Waals surface area contributed by atoms with Gasteiger partial charge in [0, 0.05) is 11.1 Å². The summed E-state index contributed by atoms with van der Waals surface area (Å²) in [5, 5.41) is 9.31. The number of methoxy groups -OCH3 is 1. The molecule has 112 valence electrons. The van der Waals surface area contributed by atoms with E-state index < -0.39 is 11.9 Å². The van der Waals surface area contributed by atoms with Crippen LogP contribution in [0.4, 0.5) is 0 Å². The molecule has 0 aromatic carbocycles. The van der Waals surface area contributed by atoms with Crippen LogP contribution in [-0.2, 0) is 4.74 Å². The zero-order chi connectivity index (χ0) is 15.9. The lowest BCUT2D eigenvalue weighted by atomic mass is 10.2. The molecule has 6 nitrogen and oxygen atoms in total. The van der Waals surface area contributed by atoms with Crippen molar-refractivity contribution in [2.75, 3.05) is 7.11 Å². The number of thiophene rings is 1. The fraction of sp³-hybridized carbons (Fsp3) is 0.133. The molecular weight excluding hydrogens is 304 g/mol. The third kappa shape index (κ3) is 2.25. The normalized spacial score (nSPS) is 10.8. The monoisotopic (exact) mass is 316 g/mol. The number of carbonyl (C=O) groups excluding carboxylic acids is 1. The van der Waals surface area contributed by atoms with Gasteiger partial charge in [-0.3, -0.25) is 4.40 Å². The van der Waals surface area contributed by atoms with Crippen molar-refractivity contribution in [3.63, 3.8) is 0 Å². The second-order valence-corrected chi connectivity index (χ2v) is 5.95. The van der Waals surface area contributed by atoms with Crippen molar-refractivity contribution in [2.24, 2.45) is 0 Å². The third-order valence-electron chi connectivity index (χ3n) is 3.22. The van der Waals surface area contributed by atoms with Gasteiger partial charge in [0.25, 0.3) is 0 Å². The first kappa shape index (κ1) is 14.3. The fourth-order valence-electron chi connectivity index (χ4n) is 2.21. The van der Waals surface area contributed by atoms with Crippen molar-refractivity contribution in [3.8, 4) is 10.7 Å². The number of pyridine rings is 1. The standard InChI is InChI=1S/C15H12N2O4S/c1-8-3-6-11(22-8)13-16-12(14(18)19)10-5-4-9(7-17(10)13)15(20)21-2/h3-7H,1-2H3,(H,18,19). The number of fused-ring (bicyclic) bond motifs is 1. The number of aromatic nitrogens is 2. The van der Waals surface area contributed by atoms with Gasteiger partial charge in [-0.15, -0.1) is 11.3 Å². The van der Waals surface area contributed by atoms with Crippen molar-refractivity contribution < 1.29 is 19.4 Å². The number of aromatic carboxylic acids is 1. The Balaban J connectivity index is 2.30. The van der Waals surface area contributed by atoms with Crippen LogP contribution in [0.2, 0.25) is 0 Å². The lowest BCUT2D eigenvalue weighted by Gasteiger charge is -2.03. The Morgan fingerprint density at radius 3 is 2.64 bits per heavy atom. The molecule has 0 unspecified atom stereocenters. The minimum Gasteiger partial charge on any atom is -0.476 e. The highest BCUT2D eigenvalue weighted by molar-refractivity contribution is 7.15. The largest absolute Gasteiger partial charge is 0.476 e. The molecule has 3 rings (SSSR count). The number of carbonyl (C=O) groups is 2. The number of esters is 1. The van der Waals surface area contributed by atoms with Gasteiger partial charge in [0.2, 0.25) is 0 Å². The van der Waals surface area contributed by atoms with Crippen molar-refractivity contribution >= 4 is 28.8 Å². The summed E-state index contributed by atoms with van der Waals surface area (Å²) in [5.74, 6) is -1.10. The van der Waals surface area contributed by atoms with Gasteiger partial charge in [0.05, 0.1) is 23.1 Å². The first-order chi connectivity index (χ1) is 10.5. The van der Waals surface area contributed by atoms with E-state index in [-0.39, 0.29) is 5.69 Å². The summed E-state index contributed by atoms with van der Waals surface area (Å²) in [6.45, 7) is 1.96. The zero-order valence-corrected chi connectivity index (χ0v) is 12.7. The van der Waals surface area contributed by atoms with Crippen molar-refractivity contribution in [1.29, 1.82) is 0 Å². The maximum atomic E-state index is 11.7. The summed E-state index contributed by atoms with van der Waals surface area (Å²) in [5.41, 5.74) is 0.720. The molecule has 0 aliphatic rings. The molecule has 3 heterocycles. The van der Waals surface area contributed by atoms with E-state index in [0.717, 1.165) is 9.75 Å². The first-order valence-corrected chi connectivity index (χ1v) is 7.23. The molecule has 0 amide bonds. The Morgan fingerprint density at radius 1 is 1.27 bits per heavy atom. The van der Waals surface area contributed by atoms with Crippen LogP contribution in [0.15, 0.2) is 30.5 Å². The molecule has 1 N–H and O–H groups in total. The topological polar surface area (TPSA) is 80.9 Å². The summed E-state index contributed by atoms with van der Waals surface area (Å²) in [6.07, 6.45) is 1.55. The van der Waals surface area contributed by atoms with Gasteiger partial charge < -0.3 is 9.84 Å². The van der Waals surface area contributed by atoms with Crippen LogP contribution in [0.3, 0.4) is 0 Å². The minimum absolute atomic E-state index is 0.0440. The highest BCUT2D eigenvalue weighted by Crippen LogP contribution is 2.29. The van der Waals surface area contributed by atoms with Gasteiger partial charge in [-0.2, -0.15) is 0 Å². The van der Waals surface area contributed by atoms with Gasteiger partial charge >= 0.3 is 11.9 Å². The quantitative estimate of drug-likeness (QED) is 0.751. The Bertz CT molecular complexity index is 894. The average molecular weight is 316 g/mol. The molecule has 0 aliphatic heterocycles. The van der Waals surface area contributed by atoms with E-state index in [9.17, 15) is 14.7 Å². The molecule has 0 bridgehead atoms. The average Bonchev–Trinajstić information content (AvgIpc) is 3.09. The highest BCUT2D eigenvalue weighted by Gasteiger charge is 2.20. The summed E-state index contributed by atoms with van der Waals surface area (Å²) >= 11 is 1.51. The molecule has 0 aliphatic carbocycles. The van der Waals surface area contributed by atoms with Crippen LogP contribution >= 0.6 is 11.3 Å². The highest BCUT2D eigenvalue weighted by atomic mass is 32.1. The predicted octanol–water partition coefficient (Wildman–Crippen LogP) is 2.86. The number of rotatable bonds is 3. The van der Waals surface area contributed by atoms with E-state index in [1.54, 1.807) is 16.7 Å². The van der Waals surface area contributed by atoms with Gasteiger partial charge in [-0.05, 0) is 31.2 Å². The summed E-state index contributed by atoms with van der Waals surface area (Å²) in [7, 11) is 1.30. The number of hydrogen-bond acceptors (Lipinski definition) is 5. The van der Waals surface area contributed by atoms with E-state index in [1.165, 1.54) is 24.5 Å². The summed E-state index contributed by atoms with van der Waals surface area (Å²) in [6, 6.07) is 6.91. The lowest BCUT2D eigenvalue weighted by molar-refractivity contribution is 0.0599. The molecule has 22 heavy (non-hydrogen) atoms. The molecule has 7 heteroatoms. The molecule has 0 saturated heterocycles. The molecular formula is C15H12N2O4S. The number of carboxylic acid groups (broad SMARTS) is 1. The van der Waals surface area contributed by atoms with Crippen LogP contribution in [0.25, 0.3) is 16.2 Å². The van der Waals surface area contributed by atoms with Crippen LogP contribution in [-0.4, -0.2) is 33.5 Å². The molecule has 0 fully saturated rings. The molecule has 0 radical (unpaired) electrons. The number of ether oxygens (including phenoxy) is 1.